The van der Waals surface area contributed by atoms with Crippen LogP contribution in [-0.2, 0) is 0 Å². The van der Waals surface area contributed by atoms with Crippen molar-refractivity contribution in [3.05, 3.63) is 42.0 Å². The topological polar surface area (TPSA) is 26.3 Å². The second-order valence-electron chi connectivity index (χ2n) is 7.64. The summed E-state index contributed by atoms with van der Waals surface area (Å²) in [6.45, 7) is 2.27. The number of Topliss-reactive ketones (excluding diaryl/α,β-unsaturated/α-hetero) is 1. The van der Waals surface area contributed by atoms with Crippen molar-refractivity contribution in [3.8, 4) is 5.75 Å². The van der Waals surface area contributed by atoms with Gasteiger partial charge in [0, 0.05) is 12.0 Å². The van der Waals surface area contributed by atoms with Gasteiger partial charge in [0.15, 0.2) is 5.78 Å². The van der Waals surface area contributed by atoms with Gasteiger partial charge in [-0.1, -0.05) is 89.3 Å². The molecule has 2 aromatic rings. The molecule has 0 heterocycles. The third-order valence-electron chi connectivity index (χ3n) is 5.38. The normalized spacial score (nSPS) is 11.0. The number of unbranched alkanes of at least 4 members (excludes halogenated alkanes) is 10. The van der Waals surface area contributed by atoms with Gasteiger partial charge in [0.25, 0.3) is 0 Å². The molecule has 0 aliphatic carbocycles. The zero-order valence-electron chi connectivity index (χ0n) is 17.3. The van der Waals surface area contributed by atoms with E-state index in [-0.39, 0.29) is 5.78 Å². The van der Waals surface area contributed by atoms with E-state index in [2.05, 4.69) is 6.92 Å². The summed E-state index contributed by atoms with van der Waals surface area (Å²) in [5.74, 6) is 1.12. The van der Waals surface area contributed by atoms with E-state index in [0.29, 0.717) is 6.42 Å². The number of benzene rings is 2. The van der Waals surface area contributed by atoms with Crippen LogP contribution in [0.1, 0.15) is 94.3 Å². The molecule has 0 bridgehead atoms. The molecule has 2 rings (SSSR count). The van der Waals surface area contributed by atoms with Crippen molar-refractivity contribution >= 4 is 16.6 Å². The van der Waals surface area contributed by atoms with Crippen LogP contribution in [-0.4, -0.2) is 12.9 Å². The second-order valence-corrected chi connectivity index (χ2v) is 7.64. The van der Waals surface area contributed by atoms with E-state index >= 15 is 0 Å². The zero-order chi connectivity index (χ0) is 19.3. The summed E-state index contributed by atoms with van der Waals surface area (Å²) in [6, 6.07) is 11.9. The van der Waals surface area contributed by atoms with Gasteiger partial charge >= 0.3 is 0 Å². The molecule has 2 aromatic carbocycles. The molecule has 0 unspecified atom stereocenters. The average molecular weight is 369 g/mol. The predicted molar refractivity (Wildman–Crippen MR) is 116 cm³/mol. The SMILES string of the molecule is CCCCCCCCCCCCCC(=O)c1ccc2cc(OC)ccc2c1. The van der Waals surface area contributed by atoms with Crippen LogP contribution < -0.4 is 4.74 Å². The van der Waals surface area contributed by atoms with Crippen molar-refractivity contribution in [2.24, 2.45) is 0 Å². The summed E-state index contributed by atoms with van der Waals surface area (Å²) >= 11 is 0. The maximum atomic E-state index is 12.4. The van der Waals surface area contributed by atoms with Gasteiger partial charge in [0.2, 0.25) is 0 Å². The van der Waals surface area contributed by atoms with Gasteiger partial charge in [0.05, 0.1) is 7.11 Å². The highest BCUT2D eigenvalue weighted by molar-refractivity contribution is 6.00. The molecule has 0 saturated carbocycles. The summed E-state index contributed by atoms with van der Waals surface area (Å²) in [5, 5.41) is 2.21. The molecule has 0 aromatic heterocycles. The standard InChI is InChI=1S/C25H36O2/c1-3-4-5-6-7-8-9-10-11-12-13-14-25(26)23-16-15-22-20-24(27-2)18-17-21(22)19-23/h15-20H,3-14H2,1-2H3. The highest BCUT2D eigenvalue weighted by atomic mass is 16.5. The van der Waals surface area contributed by atoms with Crippen LogP contribution in [0.25, 0.3) is 10.8 Å². The maximum Gasteiger partial charge on any atom is 0.162 e. The molecule has 2 nitrogen and oxygen atoms in total. The van der Waals surface area contributed by atoms with Crippen LogP contribution in [0.5, 0.6) is 5.75 Å². The molecule has 0 atom stereocenters. The fourth-order valence-electron chi connectivity index (χ4n) is 3.62. The van der Waals surface area contributed by atoms with Crippen molar-refractivity contribution in [1.82, 2.24) is 0 Å². The van der Waals surface area contributed by atoms with E-state index in [1.807, 2.05) is 36.4 Å². The van der Waals surface area contributed by atoms with Crippen LogP contribution in [0.4, 0.5) is 0 Å². The first-order valence-corrected chi connectivity index (χ1v) is 10.9. The number of rotatable bonds is 14. The van der Waals surface area contributed by atoms with Crippen LogP contribution >= 0.6 is 0 Å². The monoisotopic (exact) mass is 368 g/mol. The van der Waals surface area contributed by atoms with Crippen molar-refractivity contribution in [3.63, 3.8) is 0 Å². The first-order valence-electron chi connectivity index (χ1n) is 10.9. The van der Waals surface area contributed by atoms with Crippen LogP contribution in [0.15, 0.2) is 36.4 Å². The average Bonchev–Trinajstić information content (AvgIpc) is 2.71. The first-order chi connectivity index (χ1) is 13.2. The highest BCUT2D eigenvalue weighted by Gasteiger charge is 2.07. The quantitative estimate of drug-likeness (QED) is 0.252. The Bertz CT molecular complexity index is 690. The number of hydrogen-bond acceptors (Lipinski definition) is 2. The predicted octanol–water partition coefficient (Wildman–Crippen LogP) is 7.73. The van der Waals surface area contributed by atoms with Gasteiger partial charge in [-0.2, -0.15) is 0 Å². The molecule has 27 heavy (non-hydrogen) atoms. The maximum absolute atomic E-state index is 12.4. The molecule has 0 radical (unpaired) electrons. The number of fused-ring (bicyclic) bond motifs is 1. The Balaban J connectivity index is 1.61. The third kappa shape index (κ3) is 7.74. The van der Waals surface area contributed by atoms with Gasteiger partial charge in [-0.3, -0.25) is 4.79 Å². The number of methoxy groups -OCH3 is 1. The van der Waals surface area contributed by atoms with Gasteiger partial charge in [-0.05, 0) is 35.4 Å². The van der Waals surface area contributed by atoms with E-state index < -0.39 is 0 Å². The van der Waals surface area contributed by atoms with E-state index in [1.54, 1.807) is 7.11 Å². The minimum absolute atomic E-state index is 0.267. The summed E-state index contributed by atoms with van der Waals surface area (Å²) < 4.78 is 5.26. The Labute approximate surface area is 165 Å². The molecular formula is C25H36O2. The molecule has 0 fully saturated rings. The van der Waals surface area contributed by atoms with Gasteiger partial charge in [-0.25, -0.2) is 0 Å². The van der Waals surface area contributed by atoms with Gasteiger partial charge in [0.1, 0.15) is 5.75 Å². The lowest BCUT2D eigenvalue weighted by molar-refractivity contribution is 0.0979. The Morgan fingerprint density at radius 1 is 0.741 bits per heavy atom. The second kappa shape index (κ2) is 12.5. The van der Waals surface area contributed by atoms with E-state index in [0.717, 1.165) is 28.5 Å². The lowest BCUT2D eigenvalue weighted by Crippen LogP contribution is -1.99. The Kier molecular flexibility index (Phi) is 9.97. The summed E-state index contributed by atoms with van der Waals surface area (Å²) in [5.41, 5.74) is 0.833. The lowest BCUT2D eigenvalue weighted by Gasteiger charge is -2.06. The third-order valence-corrected chi connectivity index (χ3v) is 5.38. The van der Waals surface area contributed by atoms with Crippen molar-refractivity contribution in [1.29, 1.82) is 0 Å². The van der Waals surface area contributed by atoms with Crippen LogP contribution in [0.3, 0.4) is 0 Å². The van der Waals surface area contributed by atoms with E-state index in [1.165, 1.54) is 64.2 Å². The molecule has 0 saturated heterocycles. The number of ketones is 1. The smallest absolute Gasteiger partial charge is 0.162 e. The number of carbonyl (C=O) groups excluding carboxylic acids is 1. The molecule has 0 spiro atoms. The molecule has 148 valence electrons. The molecule has 0 N–H and O–H groups in total. The molecule has 0 aliphatic heterocycles. The van der Waals surface area contributed by atoms with Crippen LogP contribution in [0.2, 0.25) is 0 Å². The molecule has 0 amide bonds. The fraction of sp³-hybridized carbons (Fsp3) is 0.560. The minimum Gasteiger partial charge on any atom is -0.497 e. The number of ether oxygens (including phenoxy) is 1. The summed E-state index contributed by atoms with van der Waals surface area (Å²) in [4.78, 5) is 12.4. The summed E-state index contributed by atoms with van der Waals surface area (Å²) in [7, 11) is 1.67. The van der Waals surface area contributed by atoms with Crippen molar-refractivity contribution in [2.45, 2.75) is 84.0 Å². The van der Waals surface area contributed by atoms with E-state index in [9.17, 15) is 4.79 Å². The van der Waals surface area contributed by atoms with Gasteiger partial charge in [-0.15, -0.1) is 0 Å². The Morgan fingerprint density at radius 2 is 1.30 bits per heavy atom. The molecule has 2 heteroatoms. The Hall–Kier alpha value is -1.83. The zero-order valence-corrected chi connectivity index (χ0v) is 17.3. The number of hydrogen-bond donors (Lipinski definition) is 0. The largest absolute Gasteiger partial charge is 0.497 e. The molecule has 0 aliphatic rings. The fourth-order valence-corrected chi connectivity index (χ4v) is 3.62. The molecular weight excluding hydrogens is 332 g/mol. The highest BCUT2D eigenvalue weighted by Crippen LogP contribution is 2.23. The van der Waals surface area contributed by atoms with Crippen molar-refractivity contribution in [2.75, 3.05) is 7.11 Å². The van der Waals surface area contributed by atoms with E-state index in [4.69, 9.17) is 4.74 Å². The summed E-state index contributed by atoms with van der Waals surface area (Å²) in [6.07, 6.45) is 15.1. The lowest BCUT2D eigenvalue weighted by atomic mass is 10.00. The van der Waals surface area contributed by atoms with Gasteiger partial charge < -0.3 is 4.74 Å². The van der Waals surface area contributed by atoms with Crippen molar-refractivity contribution < 1.29 is 9.53 Å². The van der Waals surface area contributed by atoms with Crippen LogP contribution in [0, 0.1) is 0 Å². The first kappa shape index (κ1) is 21.5. The number of carbonyl (C=O) groups is 1. The minimum atomic E-state index is 0.267. The Morgan fingerprint density at radius 3 is 1.93 bits per heavy atom.